The number of halogens is 1. The average molecular weight is 200 g/mol. The summed E-state index contributed by atoms with van der Waals surface area (Å²) < 4.78 is 0. The Hall–Kier alpha value is -1.59. The maximum Gasteiger partial charge on any atom is 0.227 e. The molecule has 8 heteroatoms. The number of rotatable bonds is 3. The molecule has 68 valence electrons. The van der Waals surface area contributed by atoms with Crippen molar-refractivity contribution in [3.05, 3.63) is 15.7 Å². The molecule has 1 rings (SSSR count). The van der Waals surface area contributed by atoms with Gasteiger partial charge >= 0.3 is 0 Å². The zero-order valence-corrected chi connectivity index (χ0v) is 7.52. The quantitative estimate of drug-likeness (QED) is 0.456. The third-order valence-electron chi connectivity index (χ3n) is 1.07. The lowest BCUT2D eigenvalue weighted by molar-refractivity contribution is 1.01. The van der Waals surface area contributed by atoms with Crippen molar-refractivity contribution in [3.8, 4) is 0 Å². The Morgan fingerprint density at radius 3 is 2.92 bits per heavy atom. The van der Waals surface area contributed by atoms with Crippen LogP contribution in [0.2, 0.25) is 5.28 Å². The first-order valence-electron chi connectivity index (χ1n) is 3.46. The number of anilines is 1. The Morgan fingerprint density at radius 2 is 2.31 bits per heavy atom. The van der Waals surface area contributed by atoms with E-state index >= 15 is 0 Å². The van der Waals surface area contributed by atoms with Crippen molar-refractivity contribution >= 4 is 23.5 Å². The fourth-order valence-corrected chi connectivity index (χ4v) is 0.817. The van der Waals surface area contributed by atoms with E-state index < -0.39 is 0 Å². The van der Waals surface area contributed by atoms with Crippen LogP contribution >= 0.6 is 11.6 Å². The van der Waals surface area contributed by atoms with Crippen molar-refractivity contribution in [2.75, 3.05) is 11.9 Å². The smallest absolute Gasteiger partial charge is 0.227 e. The molecule has 1 aromatic heterocycles. The zero-order chi connectivity index (χ0) is 9.68. The molecular weight excluding hydrogens is 194 g/mol. The van der Waals surface area contributed by atoms with E-state index in [9.17, 15) is 0 Å². The molecule has 0 atom stereocenters. The van der Waals surface area contributed by atoms with Gasteiger partial charge in [-0.2, -0.15) is 15.0 Å². The van der Waals surface area contributed by atoms with Gasteiger partial charge in [0.05, 0.1) is 0 Å². The summed E-state index contributed by atoms with van der Waals surface area (Å²) >= 11 is 5.54. The zero-order valence-electron chi connectivity index (χ0n) is 6.77. The second kappa shape index (κ2) is 4.44. The lowest BCUT2D eigenvalue weighted by Gasteiger charge is -2.00. The molecule has 0 radical (unpaired) electrons. The minimum absolute atomic E-state index is 0.00616. The molecule has 0 saturated carbocycles. The summed E-state index contributed by atoms with van der Waals surface area (Å²) in [6.45, 7) is 2.53. The van der Waals surface area contributed by atoms with Gasteiger partial charge in [0.2, 0.25) is 17.2 Å². The molecule has 0 aromatic carbocycles. The van der Waals surface area contributed by atoms with Crippen LogP contribution in [-0.2, 0) is 0 Å². The first-order valence-corrected chi connectivity index (χ1v) is 3.84. The second-order valence-electron chi connectivity index (χ2n) is 1.95. The average Bonchev–Trinajstić information content (AvgIpc) is 2.04. The lowest BCUT2D eigenvalue weighted by atomic mass is 10.7. The molecule has 1 aromatic rings. The summed E-state index contributed by atoms with van der Waals surface area (Å²) in [5, 5.41) is 6.02. The van der Waals surface area contributed by atoms with Crippen molar-refractivity contribution in [2.24, 2.45) is 5.11 Å². The molecule has 0 fully saturated rings. The molecule has 1 N–H and O–H groups in total. The molecule has 1 heterocycles. The number of nitrogens with zero attached hydrogens (tertiary/aromatic N) is 6. The summed E-state index contributed by atoms with van der Waals surface area (Å²) in [4.78, 5) is 13.7. The van der Waals surface area contributed by atoms with Gasteiger partial charge in [-0.15, -0.1) is 0 Å². The van der Waals surface area contributed by atoms with Crippen LogP contribution in [0.3, 0.4) is 0 Å². The van der Waals surface area contributed by atoms with Crippen molar-refractivity contribution in [3.63, 3.8) is 0 Å². The number of hydrogen-bond donors (Lipinski definition) is 1. The van der Waals surface area contributed by atoms with E-state index in [1.54, 1.807) is 0 Å². The third kappa shape index (κ3) is 2.73. The monoisotopic (exact) mass is 199 g/mol. The molecule has 0 unspecified atom stereocenters. The molecule has 0 spiro atoms. The Kier molecular flexibility index (Phi) is 3.24. The SMILES string of the molecule is CCNc1nc(Cl)nc(N=[N+]=[N-])n1. The Balaban J connectivity index is 3.03. The molecule has 0 aliphatic carbocycles. The number of aromatic nitrogens is 3. The molecule has 0 amide bonds. The van der Waals surface area contributed by atoms with Crippen LogP contribution in [0.15, 0.2) is 5.11 Å². The first-order chi connectivity index (χ1) is 6.26. The van der Waals surface area contributed by atoms with Crippen LogP contribution in [0.25, 0.3) is 10.4 Å². The molecule has 0 aliphatic heterocycles. The van der Waals surface area contributed by atoms with Gasteiger partial charge < -0.3 is 5.32 Å². The lowest BCUT2D eigenvalue weighted by Crippen LogP contribution is -2.02. The minimum Gasteiger partial charge on any atom is -0.354 e. The summed E-state index contributed by atoms with van der Waals surface area (Å²) in [6.07, 6.45) is 0. The summed E-state index contributed by atoms with van der Waals surface area (Å²) in [5.74, 6) is 0.253. The van der Waals surface area contributed by atoms with E-state index in [1.165, 1.54) is 0 Å². The van der Waals surface area contributed by atoms with Gasteiger partial charge in [-0.25, -0.2) is 0 Å². The highest BCUT2D eigenvalue weighted by Crippen LogP contribution is 2.11. The Bertz CT molecular complexity index is 345. The van der Waals surface area contributed by atoms with Crippen LogP contribution < -0.4 is 5.32 Å². The van der Waals surface area contributed by atoms with Gasteiger partial charge in [0.15, 0.2) is 0 Å². The van der Waals surface area contributed by atoms with E-state index in [2.05, 4.69) is 30.3 Å². The van der Waals surface area contributed by atoms with E-state index in [-0.39, 0.29) is 11.2 Å². The molecule has 0 aliphatic rings. The summed E-state index contributed by atoms with van der Waals surface area (Å²) in [6, 6.07) is 0. The third-order valence-corrected chi connectivity index (χ3v) is 1.23. The largest absolute Gasteiger partial charge is 0.354 e. The van der Waals surface area contributed by atoms with E-state index in [0.717, 1.165) is 0 Å². The van der Waals surface area contributed by atoms with Crippen molar-refractivity contribution in [1.29, 1.82) is 0 Å². The fraction of sp³-hybridized carbons (Fsp3) is 0.400. The molecule has 0 bridgehead atoms. The predicted molar refractivity (Wildman–Crippen MR) is 47.8 cm³/mol. The standard InChI is InChI=1S/C5H6ClN7/c1-2-8-4-9-3(6)10-5(11-4)12-13-7/h2H2,1H3,(H,8,9,10,11). The van der Waals surface area contributed by atoms with Crippen molar-refractivity contribution < 1.29 is 0 Å². The normalized spacial score (nSPS) is 9.08. The van der Waals surface area contributed by atoms with Gasteiger partial charge in [-0.3, -0.25) is 0 Å². The van der Waals surface area contributed by atoms with Crippen LogP contribution in [0.4, 0.5) is 11.9 Å². The van der Waals surface area contributed by atoms with E-state index in [4.69, 9.17) is 17.1 Å². The van der Waals surface area contributed by atoms with Gasteiger partial charge in [0.1, 0.15) is 0 Å². The highest BCUT2D eigenvalue weighted by molar-refractivity contribution is 6.28. The number of hydrogen-bond acceptors (Lipinski definition) is 5. The highest BCUT2D eigenvalue weighted by Gasteiger charge is 2.01. The molecular formula is C5H6ClN7. The summed E-state index contributed by atoms with van der Waals surface area (Å²) in [7, 11) is 0. The maximum atomic E-state index is 8.13. The molecule has 0 saturated heterocycles. The van der Waals surface area contributed by atoms with Crippen LogP contribution in [0, 0.1) is 0 Å². The number of azide groups is 1. The summed E-state index contributed by atoms with van der Waals surface area (Å²) in [5.41, 5.74) is 8.13. The molecule has 7 nitrogen and oxygen atoms in total. The van der Waals surface area contributed by atoms with Gasteiger partial charge in [-0.1, -0.05) is 0 Å². The fourth-order valence-electron chi connectivity index (χ4n) is 0.662. The Morgan fingerprint density at radius 1 is 1.54 bits per heavy atom. The Labute approximate surface area is 78.8 Å². The van der Waals surface area contributed by atoms with Crippen LogP contribution in [-0.4, -0.2) is 21.5 Å². The highest BCUT2D eigenvalue weighted by atomic mass is 35.5. The first kappa shape index (κ1) is 9.50. The predicted octanol–water partition coefficient (Wildman–Crippen LogP) is 1.90. The maximum absolute atomic E-state index is 8.13. The second-order valence-corrected chi connectivity index (χ2v) is 2.29. The van der Waals surface area contributed by atoms with Crippen molar-refractivity contribution in [1.82, 2.24) is 15.0 Å². The van der Waals surface area contributed by atoms with E-state index in [1.807, 2.05) is 6.92 Å². The van der Waals surface area contributed by atoms with E-state index in [0.29, 0.717) is 12.5 Å². The van der Waals surface area contributed by atoms with Gasteiger partial charge in [0.25, 0.3) is 0 Å². The minimum atomic E-state index is -0.0431. The van der Waals surface area contributed by atoms with Crippen LogP contribution in [0.5, 0.6) is 0 Å². The van der Waals surface area contributed by atoms with Crippen molar-refractivity contribution in [2.45, 2.75) is 6.92 Å². The number of nitrogens with one attached hydrogen (secondary N) is 1. The van der Waals surface area contributed by atoms with Gasteiger partial charge in [0, 0.05) is 11.5 Å². The topological polar surface area (TPSA) is 99.5 Å². The van der Waals surface area contributed by atoms with Crippen LogP contribution in [0.1, 0.15) is 6.92 Å². The molecule has 13 heavy (non-hydrogen) atoms. The van der Waals surface area contributed by atoms with Gasteiger partial charge in [-0.05, 0) is 29.2 Å².